The predicted octanol–water partition coefficient (Wildman–Crippen LogP) is 2.86. The number of hydrogen-bond acceptors (Lipinski definition) is 2. The fraction of sp³-hybridized carbons (Fsp3) is 0.500. The molecule has 0 fully saturated rings. The smallest absolute Gasteiger partial charge is 0.405 e. The number of ether oxygens (including phenoxy) is 1. The Hall–Kier alpha value is -1.26. The lowest BCUT2D eigenvalue weighted by Crippen LogP contribution is -2.45. The van der Waals surface area contributed by atoms with E-state index >= 15 is 0 Å². The van der Waals surface area contributed by atoms with Gasteiger partial charge in [-0.3, -0.25) is 4.79 Å². The first-order valence-corrected chi connectivity index (χ1v) is 4.22. The maximum atomic E-state index is 12.8. The van der Waals surface area contributed by atoms with E-state index in [0.29, 0.717) is 0 Å². The normalized spacial score (nSPS) is 12.0. The lowest BCUT2D eigenvalue weighted by Gasteiger charge is -2.30. The number of esters is 1. The van der Waals surface area contributed by atoms with E-state index in [0.717, 1.165) is 19.3 Å². The van der Waals surface area contributed by atoms with E-state index in [1.807, 2.05) is 0 Å². The zero-order valence-corrected chi connectivity index (χ0v) is 8.43. The standard InChI is InChI=1S/C10H13F3O2/c1-4-6-9(7-5-2,8(14)15-3)10(11,12)13/h4-5H,1-2,6-7H2,3H3. The van der Waals surface area contributed by atoms with Crippen LogP contribution in [0.1, 0.15) is 12.8 Å². The Labute approximate surface area is 86.4 Å². The molecule has 0 amide bonds. The Morgan fingerprint density at radius 1 is 1.27 bits per heavy atom. The highest BCUT2D eigenvalue weighted by Crippen LogP contribution is 2.45. The number of carbonyl (C=O) groups is 1. The Kier molecular flexibility index (Phi) is 4.58. The van der Waals surface area contributed by atoms with Gasteiger partial charge < -0.3 is 4.74 Å². The molecular formula is C10H13F3O2. The highest BCUT2D eigenvalue weighted by Gasteiger charge is 2.59. The minimum absolute atomic E-state index is 0.519. The molecule has 0 saturated carbocycles. The van der Waals surface area contributed by atoms with E-state index < -0.39 is 30.4 Å². The molecule has 0 radical (unpaired) electrons. The van der Waals surface area contributed by atoms with Gasteiger partial charge in [-0.05, 0) is 12.8 Å². The Balaban J connectivity index is 5.34. The average Bonchev–Trinajstić information content (AvgIpc) is 2.14. The quantitative estimate of drug-likeness (QED) is 0.528. The molecule has 5 heteroatoms. The van der Waals surface area contributed by atoms with E-state index in [2.05, 4.69) is 17.9 Å². The third kappa shape index (κ3) is 2.61. The van der Waals surface area contributed by atoms with Crippen LogP contribution in [0.25, 0.3) is 0 Å². The molecule has 2 nitrogen and oxygen atoms in total. The van der Waals surface area contributed by atoms with Crippen LogP contribution in [-0.2, 0) is 9.53 Å². The van der Waals surface area contributed by atoms with Crippen LogP contribution in [0.5, 0.6) is 0 Å². The second kappa shape index (κ2) is 5.00. The number of allylic oxidation sites excluding steroid dienone is 2. The molecule has 86 valence electrons. The SMILES string of the molecule is C=CCC(CC=C)(C(=O)OC)C(F)(F)F. The van der Waals surface area contributed by atoms with Crippen molar-refractivity contribution in [3.8, 4) is 0 Å². The van der Waals surface area contributed by atoms with Crippen LogP contribution in [0.3, 0.4) is 0 Å². The Bertz CT molecular complexity index is 246. The van der Waals surface area contributed by atoms with Crippen molar-refractivity contribution < 1.29 is 22.7 Å². The molecule has 0 atom stereocenters. The van der Waals surface area contributed by atoms with Crippen molar-refractivity contribution in [3.63, 3.8) is 0 Å². The van der Waals surface area contributed by atoms with Crippen LogP contribution in [0.15, 0.2) is 25.3 Å². The molecule has 0 saturated heterocycles. The van der Waals surface area contributed by atoms with Crippen molar-refractivity contribution in [2.24, 2.45) is 5.41 Å². The fourth-order valence-corrected chi connectivity index (χ4v) is 1.29. The summed E-state index contributed by atoms with van der Waals surface area (Å²) in [4.78, 5) is 11.2. The number of alkyl halides is 3. The molecule has 0 aromatic carbocycles. The summed E-state index contributed by atoms with van der Waals surface area (Å²) >= 11 is 0. The van der Waals surface area contributed by atoms with Crippen molar-refractivity contribution in [1.82, 2.24) is 0 Å². The van der Waals surface area contributed by atoms with Gasteiger partial charge in [0.2, 0.25) is 0 Å². The lowest BCUT2D eigenvalue weighted by molar-refractivity contribution is -0.231. The third-order valence-electron chi connectivity index (χ3n) is 2.10. The van der Waals surface area contributed by atoms with Crippen LogP contribution in [0.2, 0.25) is 0 Å². The van der Waals surface area contributed by atoms with Gasteiger partial charge >= 0.3 is 12.1 Å². The molecule has 0 aromatic heterocycles. The monoisotopic (exact) mass is 222 g/mol. The lowest BCUT2D eigenvalue weighted by atomic mass is 9.80. The molecular weight excluding hydrogens is 209 g/mol. The van der Waals surface area contributed by atoms with Crippen LogP contribution >= 0.6 is 0 Å². The summed E-state index contributed by atoms with van der Waals surface area (Å²) in [6.45, 7) is 6.43. The molecule has 0 bridgehead atoms. The molecule has 0 unspecified atom stereocenters. The number of carbonyl (C=O) groups excluding carboxylic acids is 1. The van der Waals surface area contributed by atoms with Crippen molar-refractivity contribution in [2.45, 2.75) is 19.0 Å². The minimum atomic E-state index is -4.68. The number of hydrogen-bond donors (Lipinski definition) is 0. The second-order valence-electron chi connectivity index (χ2n) is 3.06. The predicted molar refractivity (Wildman–Crippen MR) is 50.1 cm³/mol. The summed E-state index contributed by atoms with van der Waals surface area (Å²) in [6, 6.07) is 0. The van der Waals surface area contributed by atoms with Gasteiger partial charge in [-0.2, -0.15) is 13.2 Å². The summed E-state index contributed by atoms with van der Waals surface area (Å²) in [7, 11) is 0.926. The molecule has 0 N–H and O–H groups in total. The zero-order valence-electron chi connectivity index (χ0n) is 8.43. The highest BCUT2D eigenvalue weighted by molar-refractivity contribution is 5.78. The number of rotatable bonds is 5. The molecule has 0 aromatic rings. The van der Waals surface area contributed by atoms with Crippen molar-refractivity contribution in [2.75, 3.05) is 7.11 Å². The topological polar surface area (TPSA) is 26.3 Å². The first-order chi connectivity index (χ1) is 6.85. The zero-order chi connectivity index (χ0) is 12.1. The molecule has 0 heterocycles. The molecule has 15 heavy (non-hydrogen) atoms. The van der Waals surface area contributed by atoms with E-state index in [1.54, 1.807) is 0 Å². The fourth-order valence-electron chi connectivity index (χ4n) is 1.29. The first kappa shape index (κ1) is 13.7. The van der Waals surface area contributed by atoms with Gasteiger partial charge in [0.15, 0.2) is 5.41 Å². The van der Waals surface area contributed by atoms with E-state index in [1.165, 1.54) is 0 Å². The molecule has 0 spiro atoms. The number of halogens is 3. The van der Waals surface area contributed by atoms with Gasteiger partial charge in [-0.15, -0.1) is 13.2 Å². The van der Waals surface area contributed by atoms with Gasteiger partial charge in [-0.1, -0.05) is 12.2 Å². The van der Waals surface area contributed by atoms with Crippen molar-refractivity contribution in [3.05, 3.63) is 25.3 Å². The minimum Gasteiger partial charge on any atom is -0.468 e. The largest absolute Gasteiger partial charge is 0.468 e. The van der Waals surface area contributed by atoms with Crippen LogP contribution < -0.4 is 0 Å². The van der Waals surface area contributed by atoms with Gasteiger partial charge in [-0.25, -0.2) is 0 Å². The van der Waals surface area contributed by atoms with Gasteiger partial charge in [0, 0.05) is 0 Å². The van der Waals surface area contributed by atoms with Crippen molar-refractivity contribution in [1.29, 1.82) is 0 Å². The second-order valence-corrected chi connectivity index (χ2v) is 3.06. The molecule has 0 aliphatic rings. The molecule has 0 aliphatic carbocycles. The Morgan fingerprint density at radius 2 is 1.67 bits per heavy atom. The van der Waals surface area contributed by atoms with E-state index in [4.69, 9.17) is 0 Å². The van der Waals surface area contributed by atoms with Gasteiger partial charge in [0.1, 0.15) is 0 Å². The molecule has 0 rings (SSSR count). The number of methoxy groups -OCH3 is 1. The van der Waals surface area contributed by atoms with Gasteiger partial charge in [0.25, 0.3) is 0 Å². The van der Waals surface area contributed by atoms with Crippen LogP contribution in [0.4, 0.5) is 13.2 Å². The average molecular weight is 222 g/mol. The maximum absolute atomic E-state index is 12.8. The highest BCUT2D eigenvalue weighted by atomic mass is 19.4. The maximum Gasteiger partial charge on any atom is 0.405 e. The van der Waals surface area contributed by atoms with Gasteiger partial charge in [0.05, 0.1) is 7.11 Å². The Morgan fingerprint density at radius 3 is 1.87 bits per heavy atom. The summed E-state index contributed by atoms with van der Waals surface area (Å²) in [6.07, 6.45) is -3.62. The summed E-state index contributed by atoms with van der Waals surface area (Å²) in [5.41, 5.74) is -2.55. The first-order valence-electron chi connectivity index (χ1n) is 4.22. The van der Waals surface area contributed by atoms with Crippen LogP contribution in [0, 0.1) is 5.41 Å². The van der Waals surface area contributed by atoms with E-state index in [9.17, 15) is 18.0 Å². The van der Waals surface area contributed by atoms with Crippen molar-refractivity contribution >= 4 is 5.97 Å². The molecule has 0 aliphatic heterocycles. The van der Waals surface area contributed by atoms with Crippen LogP contribution in [-0.4, -0.2) is 19.3 Å². The third-order valence-corrected chi connectivity index (χ3v) is 2.10. The van der Waals surface area contributed by atoms with E-state index in [-0.39, 0.29) is 0 Å². The summed E-state index contributed by atoms with van der Waals surface area (Å²) < 4.78 is 42.6. The summed E-state index contributed by atoms with van der Waals surface area (Å²) in [5.74, 6) is -1.31. The summed E-state index contributed by atoms with van der Waals surface area (Å²) in [5, 5.41) is 0.